The van der Waals surface area contributed by atoms with Crippen LogP contribution in [-0.4, -0.2) is 11.0 Å². The van der Waals surface area contributed by atoms with Gasteiger partial charge in [0.05, 0.1) is 0 Å². The second-order valence-corrected chi connectivity index (χ2v) is 4.83. The summed E-state index contributed by atoms with van der Waals surface area (Å²) in [5.41, 5.74) is 1.84. The molecule has 0 radical (unpaired) electrons. The van der Waals surface area contributed by atoms with Gasteiger partial charge in [-0.2, -0.15) is 0 Å². The zero-order valence-corrected chi connectivity index (χ0v) is 11.4. The second-order valence-electron chi connectivity index (χ2n) is 3.91. The first-order valence-corrected chi connectivity index (χ1v) is 6.23. The van der Waals surface area contributed by atoms with Crippen molar-refractivity contribution in [2.45, 2.75) is 6.92 Å². The lowest BCUT2D eigenvalue weighted by atomic mass is 10.1. The van der Waals surface area contributed by atoms with Gasteiger partial charge in [0, 0.05) is 21.3 Å². The molecule has 2 rings (SSSR count). The predicted octanol–water partition coefficient (Wildman–Crippen LogP) is 3.72. The number of benzene rings is 2. The summed E-state index contributed by atoms with van der Waals surface area (Å²) in [6.45, 7) is 1.76. The van der Waals surface area contributed by atoms with Gasteiger partial charge in [0.25, 0.3) is 5.91 Å². The highest BCUT2D eigenvalue weighted by molar-refractivity contribution is 9.10. The third-order valence-corrected chi connectivity index (χ3v) is 3.19. The van der Waals surface area contributed by atoms with E-state index >= 15 is 0 Å². The summed E-state index contributed by atoms with van der Waals surface area (Å²) in [7, 11) is 0. The summed E-state index contributed by atoms with van der Waals surface area (Å²) in [5.74, 6) is -0.0280. The second kappa shape index (κ2) is 5.23. The third kappa shape index (κ3) is 2.71. The monoisotopic (exact) mass is 305 g/mol. The van der Waals surface area contributed by atoms with Crippen molar-refractivity contribution in [1.29, 1.82) is 0 Å². The van der Waals surface area contributed by atoms with Crippen molar-refractivity contribution in [3.05, 3.63) is 58.1 Å². The van der Waals surface area contributed by atoms with Crippen LogP contribution in [0.2, 0.25) is 0 Å². The zero-order chi connectivity index (χ0) is 13.1. The first kappa shape index (κ1) is 12.6. The van der Waals surface area contributed by atoms with Crippen LogP contribution in [-0.2, 0) is 0 Å². The Balaban J connectivity index is 2.21. The maximum atomic E-state index is 12.0. The van der Waals surface area contributed by atoms with Crippen molar-refractivity contribution in [2.75, 3.05) is 5.32 Å². The Bertz CT molecular complexity index is 579. The summed E-state index contributed by atoms with van der Waals surface area (Å²) >= 11 is 3.32. The molecule has 0 saturated heterocycles. The molecule has 0 bridgehead atoms. The Morgan fingerprint density at radius 3 is 2.50 bits per heavy atom. The Labute approximate surface area is 114 Å². The van der Waals surface area contributed by atoms with Crippen LogP contribution in [0.1, 0.15) is 15.9 Å². The van der Waals surface area contributed by atoms with Crippen LogP contribution < -0.4 is 5.32 Å². The van der Waals surface area contributed by atoms with E-state index in [1.807, 2.05) is 12.1 Å². The lowest BCUT2D eigenvalue weighted by Gasteiger charge is -2.09. The third-order valence-electron chi connectivity index (χ3n) is 2.66. The molecule has 2 N–H and O–H groups in total. The molecule has 92 valence electrons. The molecular formula is C14H12BrNO2. The number of nitrogens with one attached hydrogen (secondary N) is 1. The number of carbonyl (C=O) groups excluding carboxylic acids is 1. The Morgan fingerprint density at radius 1 is 1.17 bits per heavy atom. The molecule has 0 heterocycles. The number of hydrogen-bond acceptors (Lipinski definition) is 2. The van der Waals surface area contributed by atoms with Crippen molar-refractivity contribution in [2.24, 2.45) is 0 Å². The van der Waals surface area contributed by atoms with E-state index in [-0.39, 0.29) is 11.7 Å². The molecule has 2 aromatic rings. The Morgan fingerprint density at radius 2 is 1.83 bits per heavy atom. The molecule has 0 fully saturated rings. The number of anilines is 1. The summed E-state index contributed by atoms with van der Waals surface area (Å²) in [6, 6.07) is 12.1. The van der Waals surface area contributed by atoms with Crippen LogP contribution in [0.15, 0.2) is 46.9 Å². The van der Waals surface area contributed by atoms with E-state index in [4.69, 9.17) is 0 Å². The van der Waals surface area contributed by atoms with Crippen LogP contribution in [0.4, 0.5) is 5.69 Å². The molecule has 0 spiro atoms. The molecule has 0 aliphatic carbocycles. The molecule has 1 amide bonds. The van der Waals surface area contributed by atoms with Gasteiger partial charge < -0.3 is 10.4 Å². The van der Waals surface area contributed by atoms with E-state index in [0.29, 0.717) is 16.8 Å². The smallest absolute Gasteiger partial charge is 0.255 e. The maximum Gasteiger partial charge on any atom is 0.255 e. The van der Waals surface area contributed by atoms with Gasteiger partial charge in [0.15, 0.2) is 0 Å². The van der Waals surface area contributed by atoms with Gasteiger partial charge in [-0.25, -0.2) is 0 Å². The molecule has 0 aliphatic rings. The summed E-state index contributed by atoms with van der Waals surface area (Å²) in [6.07, 6.45) is 0. The van der Waals surface area contributed by atoms with Crippen LogP contribution in [0.25, 0.3) is 0 Å². The minimum Gasteiger partial charge on any atom is -0.508 e. The lowest BCUT2D eigenvalue weighted by molar-refractivity contribution is 0.102. The molecule has 3 nitrogen and oxygen atoms in total. The number of rotatable bonds is 2. The molecule has 0 atom stereocenters. The number of hydrogen-bond donors (Lipinski definition) is 2. The number of aromatic hydroxyl groups is 1. The van der Waals surface area contributed by atoms with Crippen LogP contribution in [0.5, 0.6) is 5.75 Å². The van der Waals surface area contributed by atoms with Gasteiger partial charge in [-0.3, -0.25) is 4.79 Å². The highest BCUT2D eigenvalue weighted by Crippen LogP contribution is 2.24. The average molecular weight is 306 g/mol. The number of phenolic OH excluding ortho intramolecular Hbond substituents is 1. The first-order chi connectivity index (χ1) is 8.58. The molecule has 0 saturated carbocycles. The highest BCUT2D eigenvalue weighted by atomic mass is 79.9. The number of carbonyl (C=O) groups is 1. The number of halogens is 1. The lowest BCUT2D eigenvalue weighted by Crippen LogP contribution is -2.12. The highest BCUT2D eigenvalue weighted by Gasteiger charge is 2.08. The summed E-state index contributed by atoms with van der Waals surface area (Å²) < 4.78 is 0.924. The van der Waals surface area contributed by atoms with Crippen LogP contribution >= 0.6 is 15.9 Å². The Kier molecular flexibility index (Phi) is 3.67. The van der Waals surface area contributed by atoms with Crippen LogP contribution in [0, 0.1) is 6.92 Å². The van der Waals surface area contributed by atoms with Crippen molar-refractivity contribution in [3.8, 4) is 5.75 Å². The topological polar surface area (TPSA) is 49.3 Å². The Hall–Kier alpha value is -1.81. The van der Waals surface area contributed by atoms with E-state index in [0.717, 1.165) is 4.47 Å². The fraction of sp³-hybridized carbons (Fsp3) is 0.0714. The standard InChI is InChI=1S/C14H12BrNO2/c1-9-12(3-2-4-13(9)17)16-14(18)10-5-7-11(15)8-6-10/h2-8,17H,1H3,(H,16,18). The fourth-order valence-electron chi connectivity index (χ4n) is 1.55. The minimum atomic E-state index is -0.198. The van der Waals surface area contributed by atoms with E-state index < -0.39 is 0 Å². The summed E-state index contributed by atoms with van der Waals surface area (Å²) in [4.78, 5) is 12.0. The molecule has 0 aromatic heterocycles. The molecule has 0 unspecified atom stereocenters. The van der Waals surface area contributed by atoms with Gasteiger partial charge in [-0.05, 0) is 43.3 Å². The maximum absolute atomic E-state index is 12.0. The van der Waals surface area contributed by atoms with E-state index in [9.17, 15) is 9.90 Å². The van der Waals surface area contributed by atoms with Crippen molar-refractivity contribution < 1.29 is 9.90 Å². The largest absolute Gasteiger partial charge is 0.508 e. The average Bonchev–Trinajstić information content (AvgIpc) is 2.36. The predicted molar refractivity (Wildman–Crippen MR) is 74.9 cm³/mol. The van der Waals surface area contributed by atoms with E-state index in [1.165, 1.54) is 0 Å². The number of amides is 1. The van der Waals surface area contributed by atoms with E-state index in [2.05, 4.69) is 21.2 Å². The van der Waals surface area contributed by atoms with Gasteiger partial charge in [-0.15, -0.1) is 0 Å². The summed E-state index contributed by atoms with van der Waals surface area (Å²) in [5, 5.41) is 12.3. The van der Waals surface area contributed by atoms with Gasteiger partial charge >= 0.3 is 0 Å². The zero-order valence-electron chi connectivity index (χ0n) is 9.77. The first-order valence-electron chi connectivity index (χ1n) is 5.43. The van der Waals surface area contributed by atoms with E-state index in [1.54, 1.807) is 37.3 Å². The normalized spacial score (nSPS) is 10.1. The number of phenols is 1. The van der Waals surface area contributed by atoms with Gasteiger partial charge in [-0.1, -0.05) is 22.0 Å². The SMILES string of the molecule is Cc1c(O)cccc1NC(=O)c1ccc(Br)cc1. The molecular weight excluding hydrogens is 294 g/mol. The van der Waals surface area contributed by atoms with Gasteiger partial charge in [0.1, 0.15) is 5.75 Å². The van der Waals surface area contributed by atoms with Gasteiger partial charge in [0.2, 0.25) is 0 Å². The molecule has 4 heteroatoms. The van der Waals surface area contributed by atoms with Crippen LogP contribution in [0.3, 0.4) is 0 Å². The molecule has 18 heavy (non-hydrogen) atoms. The van der Waals surface area contributed by atoms with Crippen molar-refractivity contribution >= 4 is 27.5 Å². The minimum absolute atomic E-state index is 0.170. The molecule has 0 aliphatic heterocycles. The fourth-order valence-corrected chi connectivity index (χ4v) is 1.82. The van der Waals surface area contributed by atoms with Crippen molar-refractivity contribution in [3.63, 3.8) is 0 Å². The molecule has 2 aromatic carbocycles. The van der Waals surface area contributed by atoms with Crippen molar-refractivity contribution in [1.82, 2.24) is 0 Å². The quantitative estimate of drug-likeness (QED) is 0.888.